The summed E-state index contributed by atoms with van der Waals surface area (Å²) in [5.41, 5.74) is 5.65. The highest BCUT2D eigenvalue weighted by Gasteiger charge is 2.25. The predicted octanol–water partition coefficient (Wildman–Crippen LogP) is -0.491. The molecule has 0 aromatic rings. The second-order valence-electron chi connectivity index (χ2n) is 3.89. The van der Waals surface area contributed by atoms with Crippen LogP contribution in [0.5, 0.6) is 0 Å². The molecule has 0 spiro atoms. The van der Waals surface area contributed by atoms with Crippen molar-refractivity contribution >= 4 is 11.8 Å². The fourth-order valence-electron chi connectivity index (χ4n) is 1.63. The minimum atomic E-state index is -0.496. The topological polar surface area (TPSA) is 84.2 Å². The van der Waals surface area contributed by atoms with Crippen molar-refractivity contribution < 1.29 is 9.59 Å². The van der Waals surface area contributed by atoms with Crippen LogP contribution >= 0.6 is 0 Å². The lowest BCUT2D eigenvalue weighted by atomic mass is 10.1. The fourth-order valence-corrected chi connectivity index (χ4v) is 1.63. The van der Waals surface area contributed by atoms with Gasteiger partial charge in [-0.15, -0.1) is 0 Å². The summed E-state index contributed by atoms with van der Waals surface area (Å²) in [4.78, 5) is 22.9. The number of carbonyl (C=O) groups is 2. The van der Waals surface area contributed by atoms with Crippen molar-refractivity contribution in [3.05, 3.63) is 0 Å². The standard InChI is InChI=1S/C10H19N3O2/c1-2-4-7(11)9(14)13-8-5-3-6-12-10(8)15/h7-8H,2-6,11H2,1H3,(H,12,15)(H,13,14). The Morgan fingerprint density at radius 1 is 1.73 bits per heavy atom. The highest BCUT2D eigenvalue weighted by molar-refractivity contribution is 5.89. The summed E-state index contributed by atoms with van der Waals surface area (Å²) in [6.45, 7) is 2.67. The molecule has 0 aromatic carbocycles. The third-order valence-electron chi connectivity index (χ3n) is 2.54. The van der Waals surface area contributed by atoms with E-state index in [-0.39, 0.29) is 11.8 Å². The van der Waals surface area contributed by atoms with Crippen LogP contribution in [0.25, 0.3) is 0 Å². The van der Waals surface area contributed by atoms with E-state index in [1.807, 2.05) is 6.92 Å². The van der Waals surface area contributed by atoms with Gasteiger partial charge in [0.1, 0.15) is 6.04 Å². The van der Waals surface area contributed by atoms with E-state index in [0.717, 1.165) is 12.8 Å². The van der Waals surface area contributed by atoms with E-state index in [2.05, 4.69) is 10.6 Å². The normalized spacial score (nSPS) is 23.1. The van der Waals surface area contributed by atoms with Crippen LogP contribution in [-0.4, -0.2) is 30.4 Å². The molecule has 2 amide bonds. The molecule has 4 N–H and O–H groups in total. The molecule has 0 saturated carbocycles. The Balaban J connectivity index is 2.39. The third-order valence-corrected chi connectivity index (χ3v) is 2.54. The third kappa shape index (κ3) is 3.51. The maximum atomic E-state index is 11.5. The number of carbonyl (C=O) groups excluding carboxylic acids is 2. The first-order valence-electron chi connectivity index (χ1n) is 5.48. The van der Waals surface area contributed by atoms with E-state index < -0.39 is 12.1 Å². The summed E-state index contributed by atoms with van der Waals surface area (Å²) in [7, 11) is 0. The highest BCUT2D eigenvalue weighted by atomic mass is 16.2. The average molecular weight is 213 g/mol. The predicted molar refractivity (Wildman–Crippen MR) is 57.1 cm³/mol. The monoisotopic (exact) mass is 213 g/mol. The van der Waals surface area contributed by atoms with Crippen LogP contribution in [0, 0.1) is 0 Å². The van der Waals surface area contributed by atoms with E-state index in [9.17, 15) is 9.59 Å². The van der Waals surface area contributed by atoms with Crippen LogP contribution in [0.1, 0.15) is 32.6 Å². The van der Waals surface area contributed by atoms with Gasteiger partial charge in [-0.25, -0.2) is 0 Å². The molecule has 5 nitrogen and oxygen atoms in total. The van der Waals surface area contributed by atoms with Gasteiger partial charge in [0, 0.05) is 6.54 Å². The van der Waals surface area contributed by atoms with Crippen LogP contribution < -0.4 is 16.4 Å². The average Bonchev–Trinajstić information content (AvgIpc) is 2.21. The van der Waals surface area contributed by atoms with E-state index in [4.69, 9.17) is 5.73 Å². The van der Waals surface area contributed by atoms with Crippen molar-refractivity contribution in [1.29, 1.82) is 0 Å². The second-order valence-corrected chi connectivity index (χ2v) is 3.89. The van der Waals surface area contributed by atoms with Gasteiger partial charge >= 0.3 is 0 Å². The highest BCUT2D eigenvalue weighted by Crippen LogP contribution is 2.03. The fraction of sp³-hybridized carbons (Fsp3) is 0.800. The van der Waals surface area contributed by atoms with E-state index in [0.29, 0.717) is 19.4 Å². The van der Waals surface area contributed by atoms with Crippen LogP contribution in [0.4, 0.5) is 0 Å². The van der Waals surface area contributed by atoms with E-state index >= 15 is 0 Å². The molecule has 2 unspecified atom stereocenters. The molecule has 1 heterocycles. The maximum Gasteiger partial charge on any atom is 0.242 e. The molecular formula is C10H19N3O2. The molecule has 0 aliphatic carbocycles. The van der Waals surface area contributed by atoms with Crippen molar-refractivity contribution in [3.63, 3.8) is 0 Å². The molecule has 1 saturated heterocycles. The molecule has 0 aromatic heterocycles. The van der Waals surface area contributed by atoms with Gasteiger partial charge in [-0.2, -0.15) is 0 Å². The van der Waals surface area contributed by atoms with Gasteiger partial charge in [-0.3, -0.25) is 9.59 Å². The molecule has 0 radical (unpaired) electrons. The number of nitrogens with one attached hydrogen (secondary N) is 2. The Labute approximate surface area is 89.8 Å². The Bertz CT molecular complexity index is 243. The zero-order chi connectivity index (χ0) is 11.3. The SMILES string of the molecule is CCCC(N)C(=O)NC1CCCNC1=O. The first-order chi connectivity index (χ1) is 7.15. The first kappa shape index (κ1) is 12.0. The number of hydrogen-bond acceptors (Lipinski definition) is 3. The molecule has 1 rings (SSSR count). The Kier molecular flexibility index (Phi) is 4.55. The Morgan fingerprint density at radius 2 is 2.47 bits per heavy atom. The Morgan fingerprint density at radius 3 is 3.07 bits per heavy atom. The van der Waals surface area contributed by atoms with Crippen LogP contribution in [-0.2, 0) is 9.59 Å². The molecular weight excluding hydrogens is 194 g/mol. The van der Waals surface area contributed by atoms with Crippen LogP contribution in [0.3, 0.4) is 0 Å². The van der Waals surface area contributed by atoms with E-state index in [1.165, 1.54) is 0 Å². The molecule has 5 heteroatoms. The van der Waals surface area contributed by atoms with Crippen molar-refractivity contribution in [3.8, 4) is 0 Å². The summed E-state index contributed by atoms with van der Waals surface area (Å²) < 4.78 is 0. The molecule has 0 bridgehead atoms. The molecule has 2 atom stereocenters. The van der Waals surface area contributed by atoms with Gasteiger partial charge in [-0.05, 0) is 19.3 Å². The lowest BCUT2D eigenvalue weighted by molar-refractivity contribution is -0.130. The summed E-state index contributed by atoms with van der Waals surface area (Å²) in [6.07, 6.45) is 3.13. The number of nitrogens with two attached hydrogens (primary N) is 1. The van der Waals surface area contributed by atoms with E-state index in [1.54, 1.807) is 0 Å². The summed E-state index contributed by atoms with van der Waals surface area (Å²) >= 11 is 0. The lowest BCUT2D eigenvalue weighted by Gasteiger charge is -2.24. The van der Waals surface area contributed by atoms with Gasteiger partial charge in [0.25, 0.3) is 0 Å². The maximum absolute atomic E-state index is 11.5. The smallest absolute Gasteiger partial charge is 0.242 e. The number of amides is 2. The molecule has 1 aliphatic rings. The minimum absolute atomic E-state index is 0.0988. The summed E-state index contributed by atoms with van der Waals surface area (Å²) in [6, 6.07) is -0.890. The van der Waals surface area contributed by atoms with Crippen molar-refractivity contribution in [1.82, 2.24) is 10.6 Å². The number of piperidine rings is 1. The van der Waals surface area contributed by atoms with Gasteiger partial charge in [0.2, 0.25) is 11.8 Å². The van der Waals surface area contributed by atoms with Crippen molar-refractivity contribution in [2.45, 2.75) is 44.7 Å². The zero-order valence-corrected chi connectivity index (χ0v) is 9.08. The van der Waals surface area contributed by atoms with Crippen molar-refractivity contribution in [2.24, 2.45) is 5.73 Å². The molecule has 1 aliphatic heterocycles. The van der Waals surface area contributed by atoms with Crippen molar-refractivity contribution in [2.75, 3.05) is 6.54 Å². The minimum Gasteiger partial charge on any atom is -0.354 e. The second kappa shape index (κ2) is 5.70. The van der Waals surface area contributed by atoms with Gasteiger partial charge in [-0.1, -0.05) is 13.3 Å². The Hall–Kier alpha value is -1.10. The summed E-state index contributed by atoms with van der Waals surface area (Å²) in [5, 5.41) is 5.39. The number of rotatable bonds is 4. The molecule has 86 valence electrons. The lowest BCUT2D eigenvalue weighted by Crippen LogP contribution is -2.53. The molecule has 1 fully saturated rings. The van der Waals surface area contributed by atoms with Gasteiger partial charge in [0.05, 0.1) is 6.04 Å². The van der Waals surface area contributed by atoms with Crippen LogP contribution in [0.15, 0.2) is 0 Å². The number of hydrogen-bond donors (Lipinski definition) is 3. The first-order valence-corrected chi connectivity index (χ1v) is 5.48. The van der Waals surface area contributed by atoms with Gasteiger partial charge in [0.15, 0.2) is 0 Å². The summed E-state index contributed by atoms with van der Waals surface area (Å²) in [5.74, 6) is -0.322. The van der Waals surface area contributed by atoms with Gasteiger partial charge < -0.3 is 16.4 Å². The molecule has 15 heavy (non-hydrogen) atoms. The largest absolute Gasteiger partial charge is 0.354 e. The quantitative estimate of drug-likeness (QED) is 0.589. The zero-order valence-electron chi connectivity index (χ0n) is 9.08. The van der Waals surface area contributed by atoms with Crippen LogP contribution in [0.2, 0.25) is 0 Å².